The average molecular weight is 354 g/mol. The Morgan fingerprint density at radius 1 is 1.21 bits per heavy atom. The Morgan fingerprint density at radius 2 is 1.88 bits per heavy atom. The molecule has 0 radical (unpaired) electrons. The van der Waals surface area contributed by atoms with E-state index in [1.807, 2.05) is 37.3 Å². The number of hydrogen-bond donors (Lipinski definition) is 0. The molecule has 0 saturated heterocycles. The number of amides is 1. The summed E-state index contributed by atoms with van der Waals surface area (Å²) in [5, 5.41) is 0.386. The standard InChI is InChI=1S/C17H17F3N2OS/c1-12(13-6-4-3-5-7-13)22(2)16(23)11-24-15-9-8-14(10-21-15)17(18,19)20/h3-10,12H,11H2,1-2H3/t12-/m0/s1. The summed E-state index contributed by atoms with van der Waals surface area (Å²) < 4.78 is 37.4. The number of hydrogen-bond acceptors (Lipinski definition) is 3. The highest BCUT2D eigenvalue weighted by atomic mass is 32.2. The Hall–Kier alpha value is -2.02. The summed E-state index contributed by atoms with van der Waals surface area (Å²) in [6.45, 7) is 1.92. The number of halogens is 3. The first-order chi connectivity index (χ1) is 11.3. The molecule has 0 spiro atoms. The topological polar surface area (TPSA) is 33.2 Å². The lowest BCUT2D eigenvalue weighted by atomic mass is 10.1. The number of carbonyl (C=O) groups excluding carboxylic acids is 1. The van der Waals surface area contributed by atoms with E-state index in [0.717, 1.165) is 29.6 Å². The SMILES string of the molecule is C[C@@H](c1ccccc1)N(C)C(=O)CSc1ccc(C(F)(F)F)cn1. The summed E-state index contributed by atoms with van der Waals surface area (Å²) in [4.78, 5) is 17.6. The van der Waals surface area contributed by atoms with Gasteiger partial charge in [-0.15, -0.1) is 0 Å². The molecule has 0 fully saturated rings. The molecule has 1 aromatic carbocycles. The van der Waals surface area contributed by atoms with Gasteiger partial charge in [-0.1, -0.05) is 42.1 Å². The maximum Gasteiger partial charge on any atom is 0.417 e. The molecule has 1 aromatic heterocycles. The molecular weight excluding hydrogens is 337 g/mol. The summed E-state index contributed by atoms with van der Waals surface area (Å²) in [6, 6.07) is 11.8. The molecular formula is C17H17F3N2OS. The van der Waals surface area contributed by atoms with Gasteiger partial charge in [0, 0.05) is 13.2 Å². The van der Waals surface area contributed by atoms with Gasteiger partial charge in [-0.25, -0.2) is 4.98 Å². The van der Waals surface area contributed by atoms with Gasteiger partial charge in [-0.3, -0.25) is 4.79 Å². The lowest BCUT2D eigenvalue weighted by Crippen LogP contribution is -2.31. The smallest absolute Gasteiger partial charge is 0.338 e. The van der Waals surface area contributed by atoms with E-state index in [1.54, 1.807) is 11.9 Å². The Bertz CT molecular complexity index is 674. The number of benzene rings is 1. The van der Waals surface area contributed by atoms with Gasteiger partial charge in [0.2, 0.25) is 5.91 Å². The molecule has 0 saturated carbocycles. The van der Waals surface area contributed by atoms with Gasteiger partial charge in [0.1, 0.15) is 0 Å². The summed E-state index contributed by atoms with van der Waals surface area (Å²) >= 11 is 1.12. The van der Waals surface area contributed by atoms with Gasteiger partial charge < -0.3 is 4.90 Å². The second kappa shape index (κ2) is 7.70. The van der Waals surface area contributed by atoms with E-state index >= 15 is 0 Å². The molecule has 0 N–H and O–H groups in total. The number of aromatic nitrogens is 1. The van der Waals surface area contributed by atoms with Crippen molar-refractivity contribution < 1.29 is 18.0 Å². The number of thioether (sulfide) groups is 1. The number of carbonyl (C=O) groups is 1. The quantitative estimate of drug-likeness (QED) is 0.746. The molecule has 0 aliphatic carbocycles. The zero-order valence-electron chi connectivity index (χ0n) is 13.2. The Labute approximate surface area is 142 Å². The van der Waals surface area contributed by atoms with Crippen LogP contribution in [0.1, 0.15) is 24.1 Å². The van der Waals surface area contributed by atoms with Crippen LogP contribution in [-0.2, 0) is 11.0 Å². The van der Waals surface area contributed by atoms with E-state index in [-0.39, 0.29) is 17.7 Å². The third kappa shape index (κ3) is 4.74. The molecule has 0 aliphatic rings. The largest absolute Gasteiger partial charge is 0.417 e. The van der Waals surface area contributed by atoms with Crippen molar-refractivity contribution in [2.75, 3.05) is 12.8 Å². The van der Waals surface area contributed by atoms with Crippen LogP contribution in [0, 0.1) is 0 Å². The molecule has 0 aliphatic heterocycles. The third-order valence-electron chi connectivity index (χ3n) is 3.66. The maximum absolute atomic E-state index is 12.5. The Morgan fingerprint density at radius 3 is 2.42 bits per heavy atom. The first-order valence-corrected chi connectivity index (χ1v) is 8.24. The van der Waals surface area contributed by atoms with Crippen LogP contribution < -0.4 is 0 Å². The molecule has 128 valence electrons. The molecule has 0 bridgehead atoms. The minimum absolute atomic E-state index is 0.0835. The van der Waals surface area contributed by atoms with Gasteiger partial charge in [0.05, 0.1) is 22.4 Å². The highest BCUT2D eigenvalue weighted by Crippen LogP contribution is 2.29. The fourth-order valence-corrected chi connectivity index (χ4v) is 2.81. The van der Waals surface area contributed by atoms with Crippen LogP contribution in [0.25, 0.3) is 0 Å². The van der Waals surface area contributed by atoms with Crippen LogP contribution >= 0.6 is 11.8 Å². The van der Waals surface area contributed by atoms with Crippen LogP contribution in [0.3, 0.4) is 0 Å². The highest BCUT2D eigenvalue weighted by Gasteiger charge is 2.30. The molecule has 0 unspecified atom stereocenters. The zero-order chi connectivity index (χ0) is 17.7. The second-order valence-corrected chi connectivity index (χ2v) is 6.26. The van der Waals surface area contributed by atoms with E-state index in [4.69, 9.17) is 0 Å². The van der Waals surface area contributed by atoms with Gasteiger partial charge >= 0.3 is 6.18 Å². The normalized spacial score (nSPS) is 12.7. The number of pyridine rings is 1. The summed E-state index contributed by atoms with van der Waals surface area (Å²) in [5.74, 6) is 0.00419. The lowest BCUT2D eigenvalue weighted by molar-refractivity contribution is -0.138. The van der Waals surface area contributed by atoms with Crippen LogP contribution in [0.2, 0.25) is 0 Å². The second-order valence-electron chi connectivity index (χ2n) is 5.26. The fourth-order valence-electron chi connectivity index (χ4n) is 2.04. The van der Waals surface area contributed by atoms with E-state index in [9.17, 15) is 18.0 Å². The monoisotopic (exact) mass is 354 g/mol. The molecule has 2 rings (SSSR count). The van der Waals surface area contributed by atoms with Gasteiger partial charge in [0.15, 0.2) is 0 Å². The van der Waals surface area contributed by atoms with E-state index < -0.39 is 11.7 Å². The van der Waals surface area contributed by atoms with Gasteiger partial charge in [-0.2, -0.15) is 13.2 Å². The molecule has 3 nitrogen and oxygen atoms in total. The predicted molar refractivity (Wildman–Crippen MR) is 87.6 cm³/mol. The van der Waals surface area contributed by atoms with Crippen LogP contribution in [0.15, 0.2) is 53.7 Å². The van der Waals surface area contributed by atoms with Crippen LogP contribution in [0.4, 0.5) is 13.2 Å². The summed E-state index contributed by atoms with van der Waals surface area (Å²) in [5.41, 5.74) is 0.221. The van der Waals surface area contributed by atoms with E-state index in [1.165, 1.54) is 6.07 Å². The third-order valence-corrected chi connectivity index (χ3v) is 4.59. The molecule has 2 aromatic rings. The van der Waals surface area contributed by atoms with Gasteiger partial charge in [-0.05, 0) is 24.6 Å². The minimum atomic E-state index is -4.41. The molecule has 1 atom stereocenters. The number of nitrogens with zero attached hydrogens (tertiary/aromatic N) is 2. The maximum atomic E-state index is 12.5. The first-order valence-electron chi connectivity index (χ1n) is 7.25. The molecule has 1 heterocycles. The van der Waals surface area contributed by atoms with Crippen LogP contribution in [-0.4, -0.2) is 28.6 Å². The predicted octanol–water partition coefficient (Wildman–Crippen LogP) is 4.41. The van der Waals surface area contributed by atoms with Crippen molar-refractivity contribution in [1.82, 2.24) is 9.88 Å². The minimum Gasteiger partial charge on any atom is -0.338 e. The van der Waals surface area contributed by atoms with Crippen molar-refractivity contribution in [3.63, 3.8) is 0 Å². The number of rotatable bonds is 5. The van der Waals surface area contributed by atoms with Gasteiger partial charge in [0.25, 0.3) is 0 Å². The number of alkyl halides is 3. The summed E-state index contributed by atoms with van der Waals surface area (Å²) in [6.07, 6.45) is -3.62. The highest BCUT2D eigenvalue weighted by molar-refractivity contribution is 7.99. The van der Waals surface area contributed by atoms with Crippen molar-refractivity contribution in [2.45, 2.75) is 24.2 Å². The summed E-state index contributed by atoms with van der Waals surface area (Å²) in [7, 11) is 1.71. The van der Waals surface area contributed by atoms with Crippen molar-refractivity contribution in [1.29, 1.82) is 0 Å². The average Bonchev–Trinajstić information content (AvgIpc) is 2.58. The Balaban J connectivity index is 1.93. The van der Waals surface area contributed by atoms with Crippen molar-refractivity contribution in [3.05, 3.63) is 59.8 Å². The molecule has 1 amide bonds. The van der Waals surface area contributed by atoms with Crippen molar-refractivity contribution in [3.8, 4) is 0 Å². The zero-order valence-corrected chi connectivity index (χ0v) is 14.1. The lowest BCUT2D eigenvalue weighted by Gasteiger charge is -2.25. The van der Waals surface area contributed by atoms with Crippen LogP contribution in [0.5, 0.6) is 0 Å². The fraction of sp³-hybridized carbons (Fsp3) is 0.294. The Kier molecular flexibility index (Phi) is 5.88. The molecule has 24 heavy (non-hydrogen) atoms. The van der Waals surface area contributed by atoms with E-state index in [0.29, 0.717) is 5.03 Å². The van der Waals surface area contributed by atoms with E-state index in [2.05, 4.69) is 4.98 Å². The first kappa shape index (κ1) is 18.3. The molecule has 7 heteroatoms. The van der Waals surface area contributed by atoms with Crippen molar-refractivity contribution in [2.24, 2.45) is 0 Å². The van der Waals surface area contributed by atoms with Crippen molar-refractivity contribution >= 4 is 17.7 Å².